The van der Waals surface area contributed by atoms with Crippen LogP contribution in [0.3, 0.4) is 0 Å². The van der Waals surface area contributed by atoms with E-state index in [-0.39, 0.29) is 36.0 Å². The zero-order valence-corrected chi connectivity index (χ0v) is 17.2. The highest BCUT2D eigenvalue weighted by molar-refractivity contribution is 6.22. The van der Waals surface area contributed by atoms with E-state index >= 15 is 0 Å². The van der Waals surface area contributed by atoms with Gasteiger partial charge >= 0.3 is 0 Å². The van der Waals surface area contributed by atoms with Gasteiger partial charge in [0.15, 0.2) is 12.4 Å². The summed E-state index contributed by atoms with van der Waals surface area (Å²) in [5, 5.41) is 0. The predicted molar refractivity (Wildman–Crippen MR) is 112 cm³/mol. The lowest BCUT2D eigenvalue weighted by molar-refractivity contribution is -0.122. The van der Waals surface area contributed by atoms with Crippen molar-refractivity contribution >= 4 is 23.3 Å². The monoisotopic (exact) mass is 407 g/mol. The highest BCUT2D eigenvalue weighted by atomic mass is 16.5. The first-order valence-electron chi connectivity index (χ1n) is 10.3. The van der Waals surface area contributed by atoms with E-state index in [0.717, 1.165) is 19.3 Å². The van der Waals surface area contributed by atoms with Gasteiger partial charge in [-0.1, -0.05) is 31.2 Å². The number of carbonyl (C=O) groups excluding carboxylic acids is 3. The molecule has 1 aliphatic carbocycles. The molecule has 4 rings (SSSR count). The van der Waals surface area contributed by atoms with E-state index in [1.807, 2.05) is 0 Å². The molecular weight excluding hydrogens is 382 g/mol. The van der Waals surface area contributed by atoms with E-state index in [1.165, 1.54) is 4.90 Å². The van der Waals surface area contributed by atoms with Crippen LogP contribution in [-0.2, 0) is 9.59 Å². The molecule has 1 saturated heterocycles. The van der Waals surface area contributed by atoms with Crippen molar-refractivity contribution in [2.24, 2.45) is 17.8 Å². The van der Waals surface area contributed by atoms with E-state index in [1.54, 1.807) is 55.6 Å². The van der Waals surface area contributed by atoms with Crippen LogP contribution in [0.4, 0.5) is 5.69 Å². The molecule has 156 valence electrons. The van der Waals surface area contributed by atoms with Gasteiger partial charge in [0.25, 0.3) is 0 Å². The number of carbonyl (C=O) groups is 3. The lowest BCUT2D eigenvalue weighted by Gasteiger charge is -2.25. The molecule has 30 heavy (non-hydrogen) atoms. The van der Waals surface area contributed by atoms with Crippen molar-refractivity contribution < 1.29 is 23.9 Å². The zero-order chi connectivity index (χ0) is 21.3. The fourth-order valence-electron chi connectivity index (χ4n) is 4.41. The summed E-state index contributed by atoms with van der Waals surface area (Å²) >= 11 is 0. The fourth-order valence-corrected chi connectivity index (χ4v) is 4.41. The van der Waals surface area contributed by atoms with E-state index in [4.69, 9.17) is 9.47 Å². The Kier molecular flexibility index (Phi) is 5.57. The Labute approximate surface area is 175 Å². The fraction of sp³-hybridized carbons (Fsp3) is 0.375. The van der Waals surface area contributed by atoms with Crippen molar-refractivity contribution in [3.8, 4) is 11.5 Å². The summed E-state index contributed by atoms with van der Waals surface area (Å²) in [5.41, 5.74) is 0.883. The number of rotatable bonds is 6. The second kappa shape index (κ2) is 8.30. The van der Waals surface area contributed by atoms with Gasteiger partial charge in [-0.25, -0.2) is 4.90 Å². The third kappa shape index (κ3) is 3.70. The second-order valence-corrected chi connectivity index (χ2v) is 8.05. The standard InChI is InChI=1S/C24H25NO5/c1-15-10-11-18-19(12-15)24(28)25(23(18)27)20-8-3-4-9-22(20)30-14-21(26)16-6-5-7-17(13-16)29-2/h3-9,13,15,18-19H,10-12,14H2,1-2H3/t15-,18+,19-/m1/s1. The maximum Gasteiger partial charge on any atom is 0.237 e. The van der Waals surface area contributed by atoms with Crippen molar-refractivity contribution in [3.63, 3.8) is 0 Å². The van der Waals surface area contributed by atoms with Crippen LogP contribution in [0.15, 0.2) is 48.5 Å². The number of methoxy groups -OCH3 is 1. The van der Waals surface area contributed by atoms with E-state index in [0.29, 0.717) is 28.7 Å². The number of ether oxygens (including phenoxy) is 2. The van der Waals surface area contributed by atoms with Gasteiger partial charge < -0.3 is 9.47 Å². The molecule has 6 nitrogen and oxygen atoms in total. The maximum atomic E-state index is 13.0. The van der Waals surface area contributed by atoms with Gasteiger partial charge in [-0.05, 0) is 49.4 Å². The molecule has 0 N–H and O–H groups in total. The summed E-state index contributed by atoms with van der Waals surface area (Å²) in [7, 11) is 1.54. The third-order valence-corrected chi connectivity index (χ3v) is 6.04. The van der Waals surface area contributed by atoms with Crippen LogP contribution in [0.1, 0.15) is 36.5 Å². The number of imide groups is 1. The summed E-state index contributed by atoms with van der Waals surface area (Å²) in [6.45, 7) is 1.92. The number of fused-ring (bicyclic) bond motifs is 1. The Morgan fingerprint density at radius 3 is 2.60 bits per heavy atom. The molecule has 1 heterocycles. The Morgan fingerprint density at radius 2 is 1.80 bits per heavy atom. The normalized spacial score (nSPS) is 23.3. The van der Waals surface area contributed by atoms with Crippen LogP contribution >= 0.6 is 0 Å². The number of para-hydroxylation sites is 2. The van der Waals surface area contributed by atoms with Crippen LogP contribution in [0.5, 0.6) is 11.5 Å². The van der Waals surface area contributed by atoms with Crippen molar-refractivity contribution in [1.82, 2.24) is 0 Å². The first-order chi connectivity index (χ1) is 14.5. The summed E-state index contributed by atoms with van der Waals surface area (Å²) < 4.78 is 10.9. The molecule has 2 aromatic carbocycles. The Balaban J connectivity index is 1.54. The minimum absolute atomic E-state index is 0.160. The van der Waals surface area contributed by atoms with Gasteiger partial charge in [0, 0.05) is 5.56 Å². The molecule has 2 aromatic rings. The largest absolute Gasteiger partial charge is 0.497 e. The Morgan fingerprint density at radius 1 is 1.03 bits per heavy atom. The first-order valence-corrected chi connectivity index (χ1v) is 10.3. The Bertz CT molecular complexity index is 985. The van der Waals surface area contributed by atoms with Crippen molar-refractivity contribution in [2.75, 3.05) is 18.6 Å². The molecule has 0 radical (unpaired) electrons. The topological polar surface area (TPSA) is 72.9 Å². The molecule has 2 aliphatic rings. The number of Topliss-reactive ketones (excluding diaryl/α,β-unsaturated/α-hetero) is 1. The number of amides is 2. The number of hydrogen-bond donors (Lipinski definition) is 0. The lowest BCUT2D eigenvalue weighted by atomic mass is 9.76. The van der Waals surface area contributed by atoms with E-state index in [2.05, 4.69) is 6.92 Å². The predicted octanol–water partition coefficient (Wildman–Crippen LogP) is 3.88. The summed E-state index contributed by atoms with van der Waals surface area (Å²) in [6.07, 6.45) is 2.44. The number of anilines is 1. The van der Waals surface area contributed by atoms with Gasteiger partial charge in [-0.2, -0.15) is 0 Å². The maximum absolute atomic E-state index is 13.0. The number of benzene rings is 2. The van der Waals surface area contributed by atoms with Gasteiger partial charge in [0.05, 0.1) is 24.6 Å². The van der Waals surface area contributed by atoms with E-state index < -0.39 is 0 Å². The van der Waals surface area contributed by atoms with Crippen LogP contribution in [0, 0.1) is 17.8 Å². The lowest BCUT2D eigenvalue weighted by Crippen LogP contribution is -2.31. The molecule has 3 atom stereocenters. The summed E-state index contributed by atoms with van der Waals surface area (Å²) in [4.78, 5) is 39.9. The molecule has 0 spiro atoms. The van der Waals surface area contributed by atoms with Crippen LogP contribution in [-0.4, -0.2) is 31.3 Å². The minimum atomic E-state index is -0.257. The molecule has 1 aliphatic heterocycles. The second-order valence-electron chi connectivity index (χ2n) is 8.05. The SMILES string of the molecule is COc1cccc(C(=O)COc2ccccc2N2C(=O)[C@H]3CC[C@@H](C)C[C@H]3C2=O)c1. The highest BCUT2D eigenvalue weighted by Gasteiger charge is 2.50. The molecule has 1 saturated carbocycles. The molecule has 0 unspecified atom stereocenters. The van der Waals surface area contributed by atoms with Crippen LogP contribution in [0.25, 0.3) is 0 Å². The molecule has 0 bridgehead atoms. The number of nitrogens with zero attached hydrogens (tertiary/aromatic N) is 1. The van der Waals surface area contributed by atoms with Crippen LogP contribution < -0.4 is 14.4 Å². The highest BCUT2D eigenvalue weighted by Crippen LogP contribution is 2.44. The van der Waals surface area contributed by atoms with Gasteiger partial charge in [-0.3, -0.25) is 14.4 Å². The Hall–Kier alpha value is -3.15. The van der Waals surface area contributed by atoms with E-state index in [9.17, 15) is 14.4 Å². The zero-order valence-electron chi connectivity index (χ0n) is 17.2. The number of ketones is 1. The van der Waals surface area contributed by atoms with Gasteiger partial charge in [-0.15, -0.1) is 0 Å². The third-order valence-electron chi connectivity index (χ3n) is 6.04. The van der Waals surface area contributed by atoms with Gasteiger partial charge in [0.2, 0.25) is 11.8 Å². The van der Waals surface area contributed by atoms with Crippen LogP contribution in [0.2, 0.25) is 0 Å². The van der Waals surface area contributed by atoms with Crippen molar-refractivity contribution in [3.05, 3.63) is 54.1 Å². The smallest absolute Gasteiger partial charge is 0.237 e. The molecule has 2 amide bonds. The molecule has 6 heteroatoms. The molecule has 0 aromatic heterocycles. The first kappa shape index (κ1) is 20.1. The van der Waals surface area contributed by atoms with Crippen molar-refractivity contribution in [2.45, 2.75) is 26.2 Å². The van der Waals surface area contributed by atoms with Crippen molar-refractivity contribution in [1.29, 1.82) is 0 Å². The summed E-state index contributed by atoms with van der Waals surface area (Å²) in [5.74, 6) is 0.334. The van der Waals surface area contributed by atoms with Gasteiger partial charge in [0.1, 0.15) is 11.5 Å². The molecule has 2 fully saturated rings. The average Bonchev–Trinajstić information content (AvgIpc) is 3.01. The summed E-state index contributed by atoms with van der Waals surface area (Å²) in [6, 6.07) is 13.7. The molecular formula is C24H25NO5. The quantitative estimate of drug-likeness (QED) is 0.537. The minimum Gasteiger partial charge on any atom is -0.497 e. The average molecular weight is 407 g/mol. The number of hydrogen-bond acceptors (Lipinski definition) is 5.